The van der Waals surface area contributed by atoms with Gasteiger partial charge in [-0.3, -0.25) is 4.68 Å². The predicted molar refractivity (Wildman–Crippen MR) is 67.5 cm³/mol. The second-order valence-corrected chi connectivity index (χ2v) is 4.52. The average Bonchev–Trinajstić information content (AvgIpc) is 2.86. The topological polar surface area (TPSA) is 69.9 Å². The molecule has 0 saturated heterocycles. The molecular formula is C11H9BrN4O. The van der Waals surface area contributed by atoms with E-state index in [4.69, 9.17) is 10.2 Å². The summed E-state index contributed by atoms with van der Waals surface area (Å²) in [5, 5.41) is 4.08. The van der Waals surface area contributed by atoms with Crippen molar-refractivity contribution >= 4 is 32.7 Å². The van der Waals surface area contributed by atoms with Gasteiger partial charge in [0.1, 0.15) is 12.1 Å². The highest BCUT2D eigenvalue weighted by Gasteiger charge is 2.09. The fourth-order valence-corrected chi connectivity index (χ4v) is 2.07. The zero-order valence-electron chi connectivity index (χ0n) is 8.80. The third kappa shape index (κ3) is 1.91. The van der Waals surface area contributed by atoms with Gasteiger partial charge in [0.25, 0.3) is 0 Å². The van der Waals surface area contributed by atoms with E-state index >= 15 is 0 Å². The normalized spacial score (nSPS) is 11.1. The first-order chi connectivity index (χ1) is 8.22. The van der Waals surface area contributed by atoms with Gasteiger partial charge in [-0.25, -0.2) is 4.98 Å². The molecule has 0 unspecified atom stereocenters. The van der Waals surface area contributed by atoms with Crippen LogP contribution in [-0.4, -0.2) is 14.8 Å². The van der Waals surface area contributed by atoms with E-state index in [0.29, 0.717) is 18.1 Å². The van der Waals surface area contributed by atoms with Crippen molar-refractivity contribution in [1.82, 2.24) is 14.8 Å². The number of nitrogens with two attached hydrogens (primary N) is 1. The molecule has 0 atom stereocenters. The maximum absolute atomic E-state index is 5.65. The van der Waals surface area contributed by atoms with Crippen LogP contribution in [0.5, 0.6) is 0 Å². The lowest BCUT2D eigenvalue weighted by Crippen LogP contribution is -1.99. The van der Waals surface area contributed by atoms with E-state index < -0.39 is 0 Å². The van der Waals surface area contributed by atoms with Gasteiger partial charge in [-0.2, -0.15) is 5.10 Å². The summed E-state index contributed by atoms with van der Waals surface area (Å²) in [4.78, 5) is 4.38. The SMILES string of the molecule is Nc1cnn(Cc2nc3cccc(Br)c3o2)c1. The van der Waals surface area contributed by atoms with Crippen LogP contribution < -0.4 is 5.73 Å². The van der Waals surface area contributed by atoms with Crippen LogP contribution in [0.25, 0.3) is 11.1 Å². The molecule has 0 amide bonds. The molecule has 0 aliphatic carbocycles. The minimum atomic E-state index is 0.471. The molecule has 0 bridgehead atoms. The highest BCUT2D eigenvalue weighted by molar-refractivity contribution is 9.10. The van der Waals surface area contributed by atoms with Gasteiger partial charge in [0, 0.05) is 6.20 Å². The van der Waals surface area contributed by atoms with E-state index in [0.717, 1.165) is 15.6 Å². The number of fused-ring (bicyclic) bond motifs is 1. The molecule has 5 nitrogen and oxygen atoms in total. The summed E-state index contributed by atoms with van der Waals surface area (Å²) in [7, 11) is 0. The Hall–Kier alpha value is -1.82. The summed E-state index contributed by atoms with van der Waals surface area (Å²) in [6.07, 6.45) is 3.34. The third-order valence-corrected chi connectivity index (χ3v) is 2.99. The molecule has 17 heavy (non-hydrogen) atoms. The van der Waals surface area contributed by atoms with Gasteiger partial charge in [-0.05, 0) is 28.1 Å². The average molecular weight is 293 g/mol. The van der Waals surface area contributed by atoms with Crippen LogP contribution in [0.2, 0.25) is 0 Å². The van der Waals surface area contributed by atoms with Crippen molar-refractivity contribution in [3.05, 3.63) is 41.0 Å². The maximum Gasteiger partial charge on any atom is 0.217 e. The Morgan fingerprint density at radius 1 is 1.41 bits per heavy atom. The molecule has 0 spiro atoms. The fraction of sp³-hybridized carbons (Fsp3) is 0.0909. The lowest BCUT2D eigenvalue weighted by molar-refractivity contribution is 0.491. The van der Waals surface area contributed by atoms with E-state index in [9.17, 15) is 0 Å². The van der Waals surface area contributed by atoms with Gasteiger partial charge in [-0.15, -0.1) is 0 Å². The Morgan fingerprint density at radius 2 is 2.29 bits per heavy atom. The molecule has 3 rings (SSSR count). The minimum absolute atomic E-state index is 0.471. The van der Waals surface area contributed by atoms with Gasteiger partial charge in [0.2, 0.25) is 5.89 Å². The van der Waals surface area contributed by atoms with Crippen molar-refractivity contribution < 1.29 is 4.42 Å². The van der Waals surface area contributed by atoms with Crippen LogP contribution in [0.15, 0.2) is 39.5 Å². The molecule has 0 saturated carbocycles. The lowest BCUT2D eigenvalue weighted by atomic mass is 10.3. The van der Waals surface area contributed by atoms with Crippen LogP contribution in [0.4, 0.5) is 5.69 Å². The lowest BCUT2D eigenvalue weighted by Gasteiger charge is -1.94. The molecule has 3 aromatic rings. The van der Waals surface area contributed by atoms with Crippen molar-refractivity contribution in [2.75, 3.05) is 5.73 Å². The predicted octanol–water partition coefficient (Wildman–Crippen LogP) is 2.42. The zero-order valence-corrected chi connectivity index (χ0v) is 10.4. The van der Waals surface area contributed by atoms with Crippen molar-refractivity contribution in [2.24, 2.45) is 0 Å². The van der Waals surface area contributed by atoms with Crippen molar-refractivity contribution in [2.45, 2.75) is 6.54 Å². The molecule has 6 heteroatoms. The largest absolute Gasteiger partial charge is 0.437 e. The van der Waals surface area contributed by atoms with Crippen LogP contribution in [0.3, 0.4) is 0 Å². The minimum Gasteiger partial charge on any atom is -0.437 e. The van der Waals surface area contributed by atoms with Crippen LogP contribution in [-0.2, 0) is 6.54 Å². The number of para-hydroxylation sites is 1. The first kappa shape index (κ1) is 10.3. The summed E-state index contributed by atoms with van der Waals surface area (Å²) < 4.78 is 8.24. The van der Waals surface area contributed by atoms with Crippen LogP contribution in [0.1, 0.15) is 5.89 Å². The molecule has 1 aromatic carbocycles. The number of benzene rings is 1. The monoisotopic (exact) mass is 292 g/mol. The second-order valence-electron chi connectivity index (χ2n) is 3.67. The number of nitrogen functional groups attached to an aromatic ring is 1. The van der Waals surface area contributed by atoms with Gasteiger partial charge in [0.15, 0.2) is 5.58 Å². The Labute approximate surface area is 105 Å². The molecule has 0 radical (unpaired) electrons. The van der Waals surface area contributed by atoms with Gasteiger partial charge < -0.3 is 10.2 Å². The second kappa shape index (κ2) is 3.89. The van der Waals surface area contributed by atoms with Gasteiger partial charge >= 0.3 is 0 Å². The molecule has 86 valence electrons. The smallest absolute Gasteiger partial charge is 0.217 e. The van der Waals surface area contributed by atoms with E-state index in [1.54, 1.807) is 17.1 Å². The molecule has 2 aromatic heterocycles. The number of nitrogens with zero attached hydrogens (tertiary/aromatic N) is 3. The Kier molecular flexibility index (Phi) is 2.36. The van der Waals surface area contributed by atoms with E-state index in [1.807, 2.05) is 18.2 Å². The summed E-state index contributed by atoms with van der Waals surface area (Å²) in [5.41, 5.74) is 7.80. The van der Waals surface area contributed by atoms with Gasteiger partial charge in [-0.1, -0.05) is 6.07 Å². The Morgan fingerprint density at radius 3 is 3.00 bits per heavy atom. The van der Waals surface area contributed by atoms with E-state index in [2.05, 4.69) is 26.0 Å². The molecule has 0 aliphatic rings. The Bertz CT molecular complexity index is 673. The molecule has 2 heterocycles. The Balaban J connectivity index is 1.98. The highest BCUT2D eigenvalue weighted by Crippen LogP contribution is 2.24. The molecule has 0 aliphatic heterocycles. The first-order valence-electron chi connectivity index (χ1n) is 5.04. The number of anilines is 1. The number of oxazole rings is 1. The molecular weight excluding hydrogens is 284 g/mol. The number of halogens is 1. The number of hydrogen-bond acceptors (Lipinski definition) is 4. The van der Waals surface area contributed by atoms with Crippen molar-refractivity contribution in [3.63, 3.8) is 0 Å². The number of hydrogen-bond donors (Lipinski definition) is 1. The summed E-state index contributed by atoms with van der Waals surface area (Å²) in [6, 6.07) is 5.75. The number of aromatic nitrogens is 3. The molecule has 0 fully saturated rings. The third-order valence-electron chi connectivity index (χ3n) is 2.36. The van der Waals surface area contributed by atoms with Crippen molar-refractivity contribution in [1.29, 1.82) is 0 Å². The zero-order chi connectivity index (χ0) is 11.8. The quantitative estimate of drug-likeness (QED) is 0.787. The standard InChI is InChI=1S/C11H9BrN4O/c12-8-2-1-3-9-11(8)17-10(15-9)6-16-5-7(13)4-14-16/h1-5H,6,13H2. The van der Waals surface area contributed by atoms with Crippen LogP contribution in [0, 0.1) is 0 Å². The van der Waals surface area contributed by atoms with Crippen molar-refractivity contribution in [3.8, 4) is 0 Å². The molecule has 2 N–H and O–H groups in total. The van der Waals surface area contributed by atoms with E-state index in [1.165, 1.54) is 0 Å². The van der Waals surface area contributed by atoms with E-state index in [-0.39, 0.29) is 0 Å². The summed E-state index contributed by atoms with van der Waals surface area (Å²) in [6.45, 7) is 0.471. The van der Waals surface area contributed by atoms with Gasteiger partial charge in [0.05, 0.1) is 16.4 Å². The first-order valence-corrected chi connectivity index (χ1v) is 5.83. The number of rotatable bonds is 2. The fourth-order valence-electron chi connectivity index (χ4n) is 1.63. The highest BCUT2D eigenvalue weighted by atomic mass is 79.9. The maximum atomic E-state index is 5.65. The summed E-state index contributed by atoms with van der Waals surface area (Å²) in [5.74, 6) is 0.606. The summed E-state index contributed by atoms with van der Waals surface area (Å²) >= 11 is 3.42. The van der Waals surface area contributed by atoms with Crippen LogP contribution >= 0.6 is 15.9 Å².